The highest BCUT2D eigenvalue weighted by molar-refractivity contribution is 7.89. The highest BCUT2D eigenvalue weighted by Gasteiger charge is 2.38. The first-order valence-corrected chi connectivity index (χ1v) is 11.9. The van der Waals surface area contributed by atoms with E-state index in [-0.39, 0.29) is 36.9 Å². The minimum atomic E-state index is -4.48. The summed E-state index contributed by atoms with van der Waals surface area (Å²) < 4.78 is 66.8. The van der Waals surface area contributed by atoms with Gasteiger partial charge < -0.3 is 10.0 Å². The second-order valence-corrected chi connectivity index (χ2v) is 10.3. The molecule has 1 saturated heterocycles. The zero-order valence-corrected chi connectivity index (χ0v) is 19.3. The van der Waals surface area contributed by atoms with Gasteiger partial charge in [-0.3, -0.25) is 4.79 Å². The molecule has 33 heavy (non-hydrogen) atoms. The van der Waals surface area contributed by atoms with E-state index in [9.17, 15) is 26.4 Å². The summed E-state index contributed by atoms with van der Waals surface area (Å²) in [5.74, 6) is -0.781. The third-order valence-electron chi connectivity index (χ3n) is 5.81. The highest BCUT2D eigenvalue weighted by Crippen LogP contribution is 2.31. The summed E-state index contributed by atoms with van der Waals surface area (Å²) in [5.41, 5.74) is 0.275. The topological polar surface area (TPSA) is 90.8 Å². The van der Waals surface area contributed by atoms with Crippen molar-refractivity contribution in [3.8, 4) is 0 Å². The highest BCUT2D eigenvalue weighted by atomic mass is 32.2. The van der Waals surface area contributed by atoms with Crippen molar-refractivity contribution in [2.45, 2.75) is 44.3 Å². The predicted octanol–water partition coefficient (Wildman–Crippen LogP) is 3.57. The van der Waals surface area contributed by atoms with Crippen LogP contribution in [0.1, 0.15) is 30.5 Å². The number of anilines is 1. The maximum Gasteiger partial charge on any atom is 0.417 e. The van der Waals surface area contributed by atoms with E-state index in [1.165, 1.54) is 22.5 Å². The fourth-order valence-electron chi connectivity index (χ4n) is 3.88. The number of halogens is 3. The molecule has 0 radical (unpaired) electrons. The van der Waals surface area contributed by atoms with E-state index < -0.39 is 33.8 Å². The zero-order chi connectivity index (χ0) is 24.6. The van der Waals surface area contributed by atoms with Crippen LogP contribution in [-0.4, -0.2) is 54.5 Å². The van der Waals surface area contributed by atoms with Crippen LogP contribution >= 0.6 is 0 Å². The molecule has 180 valence electrons. The number of aryl methyl sites for hydroxylation is 1. The number of alkyl halides is 3. The molecule has 1 fully saturated rings. The Morgan fingerprint density at radius 3 is 2.45 bits per heavy atom. The summed E-state index contributed by atoms with van der Waals surface area (Å²) in [7, 11) is -3.92. The number of aliphatic carboxylic acids is 1. The quantitative estimate of drug-likeness (QED) is 0.673. The van der Waals surface area contributed by atoms with Crippen molar-refractivity contribution < 1.29 is 31.5 Å². The van der Waals surface area contributed by atoms with Gasteiger partial charge in [0.2, 0.25) is 10.0 Å². The van der Waals surface area contributed by atoms with Crippen LogP contribution in [0.5, 0.6) is 0 Å². The number of benzene rings is 1. The molecule has 1 unspecified atom stereocenters. The molecule has 0 amide bonds. The minimum absolute atomic E-state index is 0.0242. The number of carboxylic acid groups (broad SMARTS) is 1. The van der Waals surface area contributed by atoms with Crippen molar-refractivity contribution in [1.29, 1.82) is 0 Å². The minimum Gasteiger partial charge on any atom is -0.481 e. The Hall–Kier alpha value is -2.66. The maximum atomic E-state index is 13.5. The summed E-state index contributed by atoms with van der Waals surface area (Å²) in [5, 5.41) is 9.11. The lowest BCUT2D eigenvalue weighted by atomic mass is 10.0. The van der Waals surface area contributed by atoms with Crippen LogP contribution in [0.3, 0.4) is 0 Å². The third kappa shape index (κ3) is 5.47. The molecule has 0 aliphatic carbocycles. The van der Waals surface area contributed by atoms with Crippen molar-refractivity contribution in [2.24, 2.45) is 5.92 Å². The molecule has 1 aliphatic rings. The zero-order valence-electron chi connectivity index (χ0n) is 18.5. The SMILES string of the molecule is Cc1ccc(S(=O)(=O)N2CCN(c3ccc(C(F)(F)F)cn3)CC2C(C)C)cc1CC(=O)O. The summed E-state index contributed by atoms with van der Waals surface area (Å²) in [6, 6.07) is 6.28. The molecule has 1 aliphatic heterocycles. The van der Waals surface area contributed by atoms with E-state index in [4.69, 9.17) is 5.11 Å². The lowest BCUT2D eigenvalue weighted by molar-refractivity contribution is -0.138. The molecule has 11 heteroatoms. The van der Waals surface area contributed by atoms with Crippen molar-refractivity contribution in [3.63, 3.8) is 0 Å². The van der Waals surface area contributed by atoms with Gasteiger partial charge in [0.1, 0.15) is 5.82 Å². The number of nitrogens with zero attached hydrogens (tertiary/aromatic N) is 3. The molecule has 0 spiro atoms. The molecule has 1 N–H and O–H groups in total. The van der Waals surface area contributed by atoms with E-state index in [0.717, 1.165) is 12.3 Å². The summed E-state index contributed by atoms with van der Waals surface area (Å²) >= 11 is 0. The number of carbonyl (C=O) groups is 1. The van der Waals surface area contributed by atoms with Crippen molar-refractivity contribution in [1.82, 2.24) is 9.29 Å². The van der Waals surface area contributed by atoms with Gasteiger partial charge in [-0.1, -0.05) is 19.9 Å². The standard InChI is InChI=1S/C22H26F3N3O4S/c1-14(2)19-13-27(20-7-5-17(12-26-20)22(23,24)25)8-9-28(19)33(31,32)18-6-4-15(3)16(10-18)11-21(29)30/h4-7,10,12,14,19H,8-9,11,13H2,1-3H3,(H,29,30). The van der Waals surface area contributed by atoms with Gasteiger partial charge in [0.05, 0.1) is 16.9 Å². The average molecular weight is 486 g/mol. The first-order valence-electron chi connectivity index (χ1n) is 10.4. The molecule has 1 aromatic carbocycles. The smallest absolute Gasteiger partial charge is 0.417 e. The first kappa shape index (κ1) is 25.0. The third-order valence-corrected chi connectivity index (χ3v) is 7.73. The molecule has 7 nitrogen and oxygen atoms in total. The molecule has 2 heterocycles. The maximum absolute atomic E-state index is 13.5. The Labute approximate surface area is 190 Å². The molecule has 1 aromatic heterocycles. The normalized spacial score (nSPS) is 18.0. The number of hydrogen-bond donors (Lipinski definition) is 1. The molecular weight excluding hydrogens is 459 g/mol. The Kier molecular flexibility index (Phi) is 7.04. The monoisotopic (exact) mass is 485 g/mol. The number of piperazine rings is 1. The second-order valence-electron chi connectivity index (χ2n) is 8.43. The van der Waals surface area contributed by atoms with Crippen molar-refractivity contribution >= 4 is 21.8 Å². The molecule has 1 atom stereocenters. The van der Waals surface area contributed by atoms with Crippen LogP contribution in [0, 0.1) is 12.8 Å². The van der Waals surface area contributed by atoms with Crippen LogP contribution in [0.25, 0.3) is 0 Å². The Morgan fingerprint density at radius 2 is 1.91 bits per heavy atom. The number of rotatable bonds is 6. The largest absolute Gasteiger partial charge is 0.481 e. The van der Waals surface area contributed by atoms with Gasteiger partial charge in [0, 0.05) is 31.9 Å². The van der Waals surface area contributed by atoms with Crippen molar-refractivity contribution in [2.75, 3.05) is 24.5 Å². The van der Waals surface area contributed by atoms with Crippen LogP contribution < -0.4 is 4.90 Å². The van der Waals surface area contributed by atoms with Crippen LogP contribution in [0.2, 0.25) is 0 Å². The van der Waals surface area contributed by atoms with Gasteiger partial charge in [0.15, 0.2) is 0 Å². The molecule has 0 saturated carbocycles. The summed E-state index contributed by atoms with van der Waals surface area (Å²) in [6.07, 6.45) is -3.98. The fraction of sp³-hybridized carbons (Fsp3) is 0.455. The number of sulfonamides is 1. The lowest BCUT2D eigenvalue weighted by Gasteiger charge is -2.43. The average Bonchev–Trinajstić information content (AvgIpc) is 2.74. The van der Waals surface area contributed by atoms with Crippen LogP contribution in [0.15, 0.2) is 41.4 Å². The number of hydrogen-bond acceptors (Lipinski definition) is 5. The Balaban J connectivity index is 1.87. The van der Waals surface area contributed by atoms with E-state index >= 15 is 0 Å². The van der Waals surface area contributed by atoms with Gasteiger partial charge in [0.25, 0.3) is 0 Å². The number of aromatic nitrogens is 1. The van der Waals surface area contributed by atoms with E-state index in [1.807, 2.05) is 13.8 Å². The number of carboxylic acids is 1. The Bertz CT molecular complexity index is 1120. The van der Waals surface area contributed by atoms with Gasteiger partial charge >= 0.3 is 12.1 Å². The van der Waals surface area contributed by atoms with E-state index in [2.05, 4.69) is 4.98 Å². The summed E-state index contributed by atoms with van der Waals surface area (Å²) in [4.78, 5) is 16.9. The molecule has 3 rings (SSSR count). The van der Waals surface area contributed by atoms with Gasteiger partial charge in [-0.05, 0) is 48.2 Å². The number of pyridine rings is 1. The molecule has 0 bridgehead atoms. The van der Waals surface area contributed by atoms with Gasteiger partial charge in [-0.2, -0.15) is 17.5 Å². The first-order chi connectivity index (χ1) is 15.3. The van der Waals surface area contributed by atoms with Gasteiger partial charge in [-0.15, -0.1) is 0 Å². The summed E-state index contributed by atoms with van der Waals surface area (Å²) in [6.45, 7) is 6.12. The van der Waals surface area contributed by atoms with Crippen LogP contribution in [-0.2, 0) is 27.4 Å². The fourth-order valence-corrected chi connectivity index (χ4v) is 5.67. The predicted molar refractivity (Wildman–Crippen MR) is 116 cm³/mol. The van der Waals surface area contributed by atoms with E-state index in [0.29, 0.717) is 16.9 Å². The van der Waals surface area contributed by atoms with Crippen molar-refractivity contribution in [3.05, 3.63) is 53.2 Å². The molecular formula is C22H26F3N3O4S. The van der Waals surface area contributed by atoms with E-state index in [1.54, 1.807) is 17.9 Å². The Morgan fingerprint density at radius 1 is 1.21 bits per heavy atom. The van der Waals surface area contributed by atoms with Gasteiger partial charge in [-0.25, -0.2) is 13.4 Å². The molecule has 2 aromatic rings. The van der Waals surface area contributed by atoms with Crippen LogP contribution in [0.4, 0.5) is 19.0 Å². The lowest BCUT2D eigenvalue weighted by Crippen LogP contribution is -2.57. The second kappa shape index (κ2) is 9.30.